The van der Waals surface area contributed by atoms with Crippen molar-refractivity contribution in [2.75, 3.05) is 13.1 Å². The van der Waals surface area contributed by atoms with Crippen LogP contribution in [0.25, 0.3) is 11.0 Å². The first kappa shape index (κ1) is 32.6. The third-order valence-electron chi connectivity index (χ3n) is 8.13. The number of carbonyl (C=O) groups excluding carboxylic acids is 1. The van der Waals surface area contributed by atoms with Crippen LogP contribution in [0.3, 0.4) is 0 Å². The monoisotopic (exact) mass is 641 g/mol. The number of fused-ring (bicyclic) bond motifs is 1. The number of aryl methyl sites for hydroxylation is 1. The van der Waals surface area contributed by atoms with Gasteiger partial charge in [0.1, 0.15) is 17.1 Å². The zero-order chi connectivity index (χ0) is 32.7. The first-order chi connectivity index (χ1) is 21.1. The number of benzene rings is 3. The largest absolute Gasteiger partial charge is 0.453 e. The Labute approximate surface area is 264 Å². The molecule has 1 aromatic heterocycles. The van der Waals surface area contributed by atoms with E-state index in [2.05, 4.69) is 32.6 Å². The van der Waals surface area contributed by atoms with Crippen LogP contribution in [0.2, 0.25) is 5.02 Å². The number of ether oxygens (including phenoxy) is 2. The molecule has 0 amide bonds. The minimum absolute atomic E-state index is 0.000241. The van der Waals surface area contributed by atoms with E-state index in [0.29, 0.717) is 29.6 Å². The molecule has 3 aromatic carbocycles. The van der Waals surface area contributed by atoms with Crippen LogP contribution < -0.4 is 14.9 Å². The highest BCUT2D eigenvalue weighted by Crippen LogP contribution is 2.41. The van der Waals surface area contributed by atoms with Gasteiger partial charge in [0.15, 0.2) is 0 Å². The SMILES string of the molecule is Cc1cc(Oc2c(C(F)(F)F)oc3c(CN4CCC(C)CC4)c(OC(=O)c4ccc(C(C)(C)C)cc4)ccc3c2=O)ccc1Cl. The van der Waals surface area contributed by atoms with Crippen molar-refractivity contribution in [2.45, 2.75) is 65.6 Å². The lowest BCUT2D eigenvalue weighted by molar-refractivity contribution is -0.154. The third kappa shape index (κ3) is 7.20. The van der Waals surface area contributed by atoms with Crippen LogP contribution in [0.1, 0.15) is 73.3 Å². The van der Waals surface area contributed by atoms with E-state index in [-0.39, 0.29) is 45.6 Å². The molecule has 1 saturated heterocycles. The second kappa shape index (κ2) is 12.5. The molecule has 0 saturated carbocycles. The van der Waals surface area contributed by atoms with Crippen molar-refractivity contribution < 1.29 is 31.9 Å². The van der Waals surface area contributed by atoms with Crippen LogP contribution in [0, 0.1) is 12.8 Å². The number of alkyl halides is 3. The maximum Gasteiger partial charge on any atom is 0.453 e. The van der Waals surface area contributed by atoms with Crippen LogP contribution in [-0.4, -0.2) is 24.0 Å². The van der Waals surface area contributed by atoms with Crippen LogP contribution in [-0.2, 0) is 18.1 Å². The number of likely N-dealkylation sites (tertiary alicyclic amines) is 1. The van der Waals surface area contributed by atoms with Gasteiger partial charge in [-0.25, -0.2) is 4.79 Å². The lowest BCUT2D eigenvalue weighted by Gasteiger charge is -2.30. The molecular formula is C35H35ClF3NO5. The maximum absolute atomic E-state index is 14.5. The lowest BCUT2D eigenvalue weighted by atomic mass is 9.87. The van der Waals surface area contributed by atoms with Crippen molar-refractivity contribution in [3.8, 4) is 17.2 Å². The van der Waals surface area contributed by atoms with Gasteiger partial charge in [-0.3, -0.25) is 9.69 Å². The van der Waals surface area contributed by atoms with E-state index in [1.807, 2.05) is 12.1 Å². The molecule has 10 heteroatoms. The summed E-state index contributed by atoms with van der Waals surface area (Å²) in [5.74, 6) is -2.72. The molecule has 45 heavy (non-hydrogen) atoms. The fraction of sp³-hybridized carbons (Fsp3) is 0.371. The van der Waals surface area contributed by atoms with E-state index in [1.165, 1.54) is 30.3 Å². The van der Waals surface area contributed by atoms with E-state index in [1.54, 1.807) is 19.1 Å². The quantitative estimate of drug-likeness (QED) is 0.154. The van der Waals surface area contributed by atoms with E-state index in [9.17, 15) is 22.8 Å². The van der Waals surface area contributed by atoms with Gasteiger partial charge in [0, 0.05) is 11.6 Å². The number of esters is 1. The van der Waals surface area contributed by atoms with E-state index in [4.69, 9.17) is 25.5 Å². The van der Waals surface area contributed by atoms with E-state index in [0.717, 1.165) is 18.4 Å². The first-order valence-corrected chi connectivity index (χ1v) is 15.2. The van der Waals surface area contributed by atoms with Crippen LogP contribution in [0.15, 0.2) is 63.8 Å². The van der Waals surface area contributed by atoms with Gasteiger partial charge in [0.05, 0.1) is 16.5 Å². The Morgan fingerprint density at radius 2 is 1.69 bits per heavy atom. The molecule has 238 valence electrons. The van der Waals surface area contributed by atoms with Crippen molar-refractivity contribution in [3.05, 3.63) is 97.9 Å². The Morgan fingerprint density at radius 1 is 1.02 bits per heavy atom. The highest BCUT2D eigenvalue weighted by Gasteiger charge is 2.41. The van der Waals surface area contributed by atoms with E-state index < -0.39 is 29.1 Å². The summed E-state index contributed by atoms with van der Waals surface area (Å²) >= 11 is 6.06. The third-order valence-corrected chi connectivity index (χ3v) is 8.56. The zero-order valence-electron chi connectivity index (χ0n) is 25.8. The summed E-state index contributed by atoms with van der Waals surface area (Å²) in [5.41, 5.74) is 0.615. The Bertz CT molecular complexity index is 1780. The second-order valence-corrected chi connectivity index (χ2v) is 13.1. The number of piperidine rings is 1. The molecule has 6 nitrogen and oxygen atoms in total. The summed E-state index contributed by atoms with van der Waals surface area (Å²) in [5, 5.41) is 0.270. The van der Waals surface area contributed by atoms with Crippen LogP contribution >= 0.6 is 11.6 Å². The topological polar surface area (TPSA) is 69.0 Å². The molecule has 0 atom stereocenters. The minimum atomic E-state index is -5.07. The summed E-state index contributed by atoms with van der Waals surface area (Å²) < 4.78 is 60.2. The normalized spacial score (nSPS) is 15.0. The number of rotatable bonds is 6. The van der Waals surface area contributed by atoms with Gasteiger partial charge >= 0.3 is 12.1 Å². The molecule has 0 N–H and O–H groups in total. The van der Waals surface area contributed by atoms with Gasteiger partial charge in [-0.15, -0.1) is 0 Å². The van der Waals surface area contributed by atoms with Gasteiger partial charge < -0.3 is 13.9 Å². The summed E-state index contributed by atoms with van der Waals surface area (Å²) in [6.45, 7) is 11.5. The predicted octanol–water partition coefficient (Wildman–Crippen LogP) is 9.31. The summed E-state index contributed by atoms with van der Waals surface area (Å²) in [6.07, 6.45) is -3.27. The maximum atomic E-state index is 14.5. The lowest BCUT2D eigenvalue weighted by Crippen LogP contribution is -2.32. The smallest absolute Gasteiger partial charge is 0.449 e. The molecule has 2 heterocycles. The number of carbonyl (C=O) groups is 1. The van der Waals surface area contributed by atoms with Crippen molar-refractivity contribution in [2.24, 2.45) is 5.92 Å². The average Bonchev–Trinajstić information content (AvgIpc) is 2.97. The summed E-state index contributed by atoms with van der Waals surface area (Å²) in [4.78, 5) is 29.0. The fourth-order valence-corrected chi connectivity index (χ4v) is 5.43. The Balaban J connectivity index is 1.62. The predicted molar refractivity (Wildman–Crippen MR) is 168 cm³/mol. The highest BCUT2D eigenvalue weighted by atomic mass is 35.5. The molecule has 0 bridgehead atoms. The van der Waals surface area contributed by atoms with E-state index >= 15 is 0 Å². The van der Waals surface area contributed by atoms with Gasteiger partial charge in [0.25, 0.3) is 5.76 Å². The molecule has 1 fully saturated rings. The molecule has 0 radical (unpaired) electrons. The van der Waals surface area contributed by atoms with Crippen molar-refractivity contribution in [1.29, 1.82) is 0 Å². The number of hydrogen-bond donors (Lipinski definition) is 0. The average molecular weight is 642 g/mol. The summed E-state index contributed by atoms with van der Waals surface area (Å²) in [6, 6.07) is 14.0. The highest BCUT2D eigenvalue weighted by molar-refractivity contribution is 6.31. The molecule has 1 aliphatic heterocycles. The van der Waals surface area contributed by atoms with Crippen LogP contribution in [0.5, 0.6) is 17.2 Å². The van der Waals surface area contributed by atoms with Gasteiger partial charge in [-0.05, 0) is 97.8 Å². The molecule has 4 aromatic rings. The fourth-order valence-electron chi connectivity index (χ4n) is 5.31. The standard InChI is InChI=1S/C35H35ClF3NO5/c1-20-14-16-40(17-15-20)19-26-28(44-33(42)22-6-8-23(9-7-22)34(3,4)5)13-11-25-29(41)31(32(35(37,38)39)45-30(25)26)43-24-10-12-27(36)21(2)18-24/h6-13,18,20H,14-17,19H2,1-5H3. The Kier molecular flexibility index (Phi) is 9.06. The molecule has 0 spiro atoms. The number of hydrogen-bond acceptors (Lipinski definition) is 6. The van der Waals surface area contributed by atoms with Gasteiger partial charge in [0.2, 0.25) is 11.2 Å². The molecule has 0 aliphatic carbocycles. The van der Waals surface area contributed by atoms with Crippen molar-refractivity contribution >= 4 is 28.5 Å². The second-order valence-electron chi connectivity index (χ2n) is 12.7. The minimum Gasteiger partial charge on any atom is -0.449 e. The number of nitrogens with zero attached hydrogens (tertiary/aromatic N) is 1. The van der Waals surface area contributed by atoms with Gasteiger partial charge in [-0.2, -0.15) is 13.2 Å². The van der Waals surface area contributed by atoms with Gasteiger partial charge in [-0.1, -0.05) is 51.4 Å². The number of halogens is 4. The molecular weight excluding hydrogens is 607 g/mol. The molecule has 1 aliphatic rings. The summed E-state index contributed by atoms with van der Waals surface area (Å²) in [7, 11) is 0. The zero-order valence-corrected chi connectivity index (χ0v) is 26.6. The molecule has 0 unspecified atom stereocenters. The Morgan fingerprint density at radius 3 is 2.29 bits per heavy atom. The van der Waals surface area contributed by atoms with Crippen molar-refractivity contribution in [3.63, 3.8) is 0 Å². The molecule has 5 rings (SSSR count). The first-order valence-electron chi connectivity index (χ1n) is 14.8. The van der Waals surface area contributed by atoms with Crippen molar-refractivity contribution in [1.82, 2.24) is 4.90 Å². The van der Waals surface area contributed by atoms with Crippen LogP contribution in [0.4, 0.5) is 13.2 Å². The Hall–Kier alpha value is -3.82.